The van der Waals surface area contributed by atoms with E-state index in [2.05, 4.69) is 172 Å². The van der Waals surface area contributed by atoms with E-state index in [1.54, 1.807) is 0 Å². The van der Waals surface area contributed by atoms with Gasteiger partial charge in [-0.25, -0.2) is 0 Å². The molecule has 0 aromatic heterocycles. The fourth-order valence-electron chi connectivity index (χ4n) is 5.33. The van der Waals surface area contributed by atoms with Crippen LogP contribution >= 0.6 is 0 Å². The highest BCUT2D eigenvalue weighted by molar-refractivity contribution is 5.81. The van der Waals surface area contributed by atoms with Gasteiger partial charge in [0, 0.05) is 17.1 Å². The Labute approximate surface area is 251 Å². The SMILES string of the molecule is C=Cc1ccc(N(c2ccccc2)c2ccccc2)cc1.Cc1ccccc1-c1cccc(-c2ccccc2C)c1C. The first kappa shape index (κ1) is 28.4. The van der Waals surface area contributed by atoms with Crippen LogP contribution in [-0.4, -0.2) is 0 Å². The smallest absolute Gasteiger partial charge is 0.0462 e. The lowest BCUT2D eigenvalue weighted by atomic mass is 9.89. The van der Waals surface area contributed by atoms with Gasteiger partial charge in [0.15, 0.2) is 0 Å². The topological polar surface area (TPSA) is 3.24 Å². The number of anilines is 3. The summed E-state index contributed by atoms with van der Waals surface area (Å²) in [6, 6.07) is 53.0. The van der Waals surface area contributed by atoms with Crippen LogP contribution in [-0.2, 0) is 0 Å². The highest BCUT2D eigenvalue weighted by Gasteiger charge is 2.12. The van der Waals surface area contributed by atoms with Gasteiger partial charge in [0.2, 0.25) is 0 Å². The van der Waals surface area contributed by atoms with Crippen molar-refractivity contribution >= 4 is 23.1 Å². The van der Waals surface area contributed by atoms with Crippen LogP contribution in [0.5, 0.6) is 0 Å². The third-order valence-electron chi connectivity index (χ3n) is 7.62. The molecule has 0 aliphatic rings. The summed E-state index contributed by atoms with van der Waals surface area (Å²) in [5.41, 5.74) is 13.9. The van der Waals surface area contributed by atoms with Crippen LogP contribution in [0.2, 0.25) is 0 Å². The van der Waals surface area contributed by atoms with Crippen molar-refractivity contribution < 1.29 is 0 Å². The Morgan fingerprint density at radius 1 is 0.405 bits per heavy atom. The Hall–Kier alpha value is -5.14. The summed E-state index contributed by atoms with van der Waals surface area (Å²) in [5.74, 6) is 0. The van der Waals surface area contributed by atoms with Crippen LogP contribution < -0.4 is 4.90 Å². The normalized spacial score (nSPS) is 10.4. The van der Waals surface area contributed by atoms with Gasteiger partial charge in [-0.1, -0.05) is 128 Å². The van der Waals surface area contributed by atoms with Crippen LogP contribution in [0.3, 0.4) is 0 Å². The molecule has 6 rings (SSSR count). The van der Waals surface area contributed by atoms with E-state index in [4.69, 9.17) is 0 Å². The van der Waals surface area contributed by atoms with Gasteiger partial charge in [0.1, 0.15) is 0 Å². The number of benzene rings is 6. The molecule has 0 heterocycles. The summed E-state index contributed by atoms with van der Waals surface area (Å²) in [5, 5.41) is 0. The Bertz CT molecular complexity index is 1650. The second-order valence-electron chi connectivity index (χ2n) is 10.4. The molecule has 0 N–H and O–H groups in total. The maximum atomic E-state index is 3.81. The van der Waals surface area contributed by atoms with E-state index in [0.717, 1.165) is 22.6 Å². The van der Waals surface area contributed by atoms with Crippen molar-refractivity contribution in [2.75, 3.05) is 4.90 Å². The van der Waals surface area contributed by atoms with Crippen molar-refractivity contribution in [3.8, 4) is 22.3 Å². The molecular formula is C41H37N. The summed E-state index contributed by atoms with van der Waals surface area (Å²) >= 11 is 0. The van der Waals surface area contributed by atoms with Crippen LogP contribution in [0.15, 0.2) is 158 Å². The Kier molecular flexibility index (Phi) is 9.11. The van der Waals surface area contributed by atoms with Crippen molar-refractivity contribution in [1.82, 2.24) is 0 Å². The van der Waals surface area contributed by atoms with Crippen molar-refractivity contribution in [3.05, 3.63) is 180 Å². The molecule has 0 amide bonds. The molecule has 0 atom stereocenters. The molecule has 0 radical (unpaired) electrons. The van der Waals surface area contributed by atoms with E-state index in [0.29, 0.717) is 0 Å². The Morgan fingerprint density at radius 3 is 1.21 bits per heavy atom. The summed E-state index contributed by atoms with van der Waals surface area (Å²) in [7, 11) is 0. The Morgan fingerprint density at radius 2 is 0.786 bits per heavy atom. The molecule has 0 saturated heterocycles. The second kappa shape index (κ2) is 13.5. The lowest BCUT2D eigenvalue weighted by Crippen LogP contribution is -2.09. The lowest BCUT2D eigenvalue weighted by Gasteiger charge is -2.25. The van der Waals surface area contributed by atoms with E-state index in [1.807, 2.05) is 18.2 Å². The zero-order valence-corrected chi connectivity index (χ0v) is 24.7. The van der Waals surface area contributed by atoms with E-state index < -0.39 is 0 Å². The van der Waals surface area contributed by atoms with Crippen LogP contribution in [0, 0.1) is 20.8 Å². The fourth-order valence-corrected chi connectivity index (χ4v) is 5.33. The van der Waals surface area contributed by atoms with Crippen molar-refractivity contribution in [3.63, 3.8) is 0 Å². The molecule has 0 unspecified atom stereocenters. The number of hydrogen-bond donors (Lipinski definition) is 0. The first-order valence-corrected chi connectivity index (χ1v) is 14.4. The fraction of sp³-hybridized carbons (Fsp3) is 0.0732. The molecule has 0 aliphatic carbocycles. The van der Waals surface area contributed by atoms with E-state index >= 15 is 0 Å². The number of para-hydroxylation sites is 2. The average Bonchev–Trinajstić information content (AvgIpc) is 3.04. The van der Waals surface area contributed by atoms with Gasteiger partial charge >= 0.3 is 0 Å². The van der Waals surface area contributed by atoms with Gasteiger partial charge in [-0.2, -0.15) is 0 Å². The molecule has 0 aliphatic heterocycles. The predicted molar refractivity (Wildman–Crippen MR) is 183 cm³/mol. The van der Waals surface area contributed by atoms with Gasteiger partial charge in [0.05, 0.1) is 0 Å². The standard InChI is InChI=1S/C21H20.C20H17N/c1-15-9-4-6-11-18(15)20-13-8-14-21(17(20)3)19-12-7-5-10-16(19)2;1-2-17-13-15-20(16-14-17)21(18-9-5-3-6-10-18)19-11-7-4-8-12-19/h4-14H,1-3H3;2-16H,1H2. The van der Waals surface area contributed by atoms with Crippen LogP contribution in [0.25, 0.3) is 28.3 Å². The molecule has 1 nitrogen and oxygen atoms in total. The predicted octanol–water partition coefficient (Wildman–Crippen LogP) is 11.7. The summed E-state index contributed by atoms with van der Waals surface area (Å²) < 4.78 is 0. The molecule has 6 aromatic carbocycles. The quantitative estimate of drug-likeness (QED) is 0.202. The van der Waals surface area contributed by atoms with Crippen LogP contribution in [0.1, 0.15) is 22.3 Å². The monoisotopic (exact) mass is 543 g/mol. The molecule has 0 spiro atoms. The Balaban J connectivity index is 0.000000168. The minimum absolute atomic E-state index is 1.12. The van der Waals surface area contributed by atoms with Crippen molar-refractivity contribution in [2.24, 2.45) is 0 Å². The van der Waals surface area contributed by atoms with E-state index in [-0.39, 0.29) is 0 Å². The van der Waals surface area contributed by atoms with Crippen LogP contribution in [0.4, 0.5) is 17.1 Å². The van der Waals surface area contributed by atoms with Crippen molar-refractivity contribution in [1.29, 1.82) is 0 Å². The van der Waals surface area contributed by atoms with E-state index in [9.17, 15) is 0 Å². The summed E-state index contributed by atoms with van der Waals surface area (Å²) in [4.78, 5) is 2.24. The maximum Gasteiger partial charge on any atom is 0.0462 e. The van der Waals surface area contributed by atoms with Gasteiger partial charge in [0.25, 0.3) is 0 Å². The third-order valence-corrected chi connectivity index (χ3v) is 7.62. The maximum absolute atomic E-state index is 3.81. The third kappa shape index (κ3) is 6.43. The number of rotatable bonds is 6. The first-order valence-electron chi connectivity index (χ1n) is 14.4. The zero-order valence-electron chi connectivity index (χ0n) is 24.7. The molecule has 1 heteroatoms. The molecule has 42 heavy (non-hydrogen) atoms. The van der Waals surface area contributed by atoms with Gasteiger partial charge in [-0.15, -0.1) is 0 Å². The lowest BCUT2D eigenvalue weighted by molar-refractivity contribution is 1.28. The summed E-state index contributed by atoms with van der Waals surface area (Å²) in [6.45, 7) is 10.4. The average molecular weight is 544 g/mol. The molecule has 0 saturated carbocycles. The molecular weight excluding hydrogens is 506 g/mol. The van der Waals surface area contributed by atoms with E-state index in [1.165, 1.54) is 38.9 Å². The molecule has 0 fully saturated rings. The highest BCUT2D eigenvalue weighted by Crippen LogP contribution is 2.35. The number of aryl methyl sites for hydroxylation is 2. The minimum atomic E-state index is 1.12. The zero-order chi connectivity index (χ0) is 29.3. The molecule has 0 bridgehead atoms. The first-order chi connectivity index (χ1) is 20.6. The van der Waals surface area contributed by atoms with Crippen molar-refractivity contribution in [2.45, 2.75) is 20.8 Å². The van der Waals surface area contributed by atoms with Gasteiger partial charge < -0.3 is 4.90 Å². The number of hydrogen-bond acceptors (Lipinski definition) is 1. The summed E-state index contributed by atoms with van der Waals surface area (Å²) in [6.07, 6.45) is 1.86. The molecule has 6 aromatic rings. The number of nitrogens with zero attached hydrogens (tertiary/aromatic N) is 1. The minimum Gasteiger partial charge on any atom is -0.311 e. The second-order valence-corrected chi connectivity index (χ2v) is 10.4. The van der Waals surface area contributed by atoms with Gasteiger partial charge in [-0.3, -0.25) is 0 Å². The largest absolute Gasteiger partial charge is 0.311 e. The van der Waals surface area contributed by atoms with Gasteiger partial charge in [-0.05, 0) is 102 Å². The molecule has 206 valence electrons. The highest BCUT2D eigenvalue weighted by atomic mass is 15.1.